The van der Waals surface area contributed by atoms with Crippen molar-refractivity contribution in [1.82, 2.24) is 39.9 Å². The molecule has 0 saturated carbocycles. The minimum atomic E-state index is 0.163. The van der Waals surface area contributed by atoms with Crippen LogP contribution in [-0.2, 0) is 10.8 Å². The van der Waals surface area contributed by atoms with Gasteiger partial charge in [0.05, 0.1) is 48.5 Å². The van der Waals surface area contributed by atoms with Gasteiger partial charge in [-0.3, -0.25) is 9.97 Å². The Bertz CT molecular complexity index is 5510. The van der Waals surface area contributed by atoms with Crippen LogP contribution in [0, 0.1) is 0 Å². The van der Waals surface area contributed by atoms with Crippen LogP contribution < -0.4 is 18.9 Å². The molecule has 0 spiro atoms. The van der Waals surface area contributed by atoms with Gasteiger partial charge in [-0.15, -0.1) is 22.7 Å². The smallest absolute Gasteiger partial charge is 0.231 e. The van der Waals surface area contributed by atoms with Crippen molar-refractivity contribution in [3.63, 3.8) is 0 Å². The SMILES string of the molecule is CC(C)(C)c1ccc2c(c1)OCCO2.CC(C)(C)c1ccc2c(c1)OCO2.CC(C)c1cc2ccccc2[nH]1.CC(C)c1cc2ccccc2o1.CC(C)c1cc2ccccc2s1.CC(C)c1ccc2ccccc2n1.CC(C)c1cnc2ccccc2n1.CC(C)c1nc2ccccc2[nH]1.CC(C)c1nc2ccccc2o1.CC(C)c1nc2ccccc2s1. The fraction of sp³-hybridized carbons (Fsp3) is 0.321. The number of nitrogens with one attached hydrogen (secondary N) is 2. The zero-order valence-corrected chi connectivity index (χ0v) is 78.7. The van der Waals surface area contributed by atoms with E-state index in [2.05, 4.69) is 332 Å². The Hall–Kier alpha value is -12.0. The van der Waals surface area contributed by atoms with Crippen molar-refractivity contribution in [3.8, 4) is 23.0 Å². The molecule has 14 nitrogen and oxygen atoms in total. The van der Waals surface area contributed by atoms with E-state index in [0.717, 1.165) is 96.0 Å². The summed E-state index contributed by atoms with van der Waals surface area (Å²) in [6.07, 6.45) is 1.85. The van der Waals surface area contributed by atoms with Crippen LogP contribution >= 0.6 is 22.7 Å². The third-order valence-electron chi connectivity index (χ3n) is 20.7. The van der Waals surface area contributed by atoms with Gasteiger partial charge in [0.1, 0.15) is 35.9 Å². The second-order valence-electron chi connectivity index (χ2n) is 35.7. The molecule has 0 fully saturated rings. The predicted octanol–water partition coefficient (Wildman–Crippen LogP) is 31.5. The Labute approximate surface area is 747 Å². The number of ether oxygens (including phenoxy) is 4. The number of thiophene rings is 1. The molecule has 2 aliphatic heterocycles. The minimum absolute atomic E-state index is 0.163. The lowest BCUT2D eigenvalue weighted by Crippen LogP contribution is -2.17. The van der Waals surface area contributed by atoms with Crippen LogP contribution in [0.2, 0.25) is 0 Å². The maximum atomic E-state index is 5.63. The van der Waals surface area contributed by atoms with Gasteiger partial charge in [0, 0.05) is 67.1 Å². The van der Waals surface area contributed by atoms with Crippen molar-refractivity contribution in [1.29, 1.82) is 0 Å². The summed E-state index contributed by atoms with van der Waals surface area (Å²) in [5.41, 5.74) is 16.8. The zero-order valence-electron chi connectivity index (χ0n) is 77.1. The fourth-order valence-corrected chi connectivity index (χ4v) is 15.1. The number of furan rings is 1. The minimum Gasteiger partial charge on any atom is -0.486 e. The van der Waals surface area contributed by atoms with Gasteiger partial charge in [-0.2, -0.15) is 0 Å². The molecule has 16 heteroatoms. The van der Waals surface area contributed by atoms with Gasteiger partial charge in [0.25, 0.3) is 0 Å². The van der Waals surface area contributed by atoms with E-state index in [0.29, 0.717) is 67.3 Å². The van der Waals surface area contributed by atoms with Crippen molar-refractivity contribution >= 4 is 109 Å². The molecule has 0 aliphatic carbocycles. The molecule has 2 aliphatic rings. The fourth-order valence-electron chi connectivity index (χ4n) is 13.0. The summed E-state index contributed by atoms with van der Waals surface area (Å²) >= 11 is 3.70. The average molecular weight is 1710 g/mol. The number of hydrogen-bond donors (Lipinski definition) is 2. The van der Waals surface area contributed by atoms with Crippen LogP contribution in [0.15, 0.2) is 276 Å². The van der Waals surface area contributed by atoms with Gasteiger partial charge >= 0.3 is 0 Å². The van der Waals surface area contributed by atoms with Crippen molar-refractivity contribution in [2.75, 3.05) is 20.0 Å². The van der Waals surface area contributed by atoms with E-state index in [9.17, 15) is 0 Å². The number of oxazole rings is 1. The molecule has 0 amide bonds. The number of H-pyrrole nitrogens is 2. The Morgan fingerprint density at radius 1 is 0.320 bits per heavy atom. The van der Waals surface area contributed by atoms with Gasteiger partial charge in [-0.25, -0.2) is 19.9 Å². The van der Waals surface area contributed by atoms with Crippen LogP contribution in [0.25, 0.3) is 86.2 Å². The maximum Gasteiger partial charge on any atom is 0.231 e. The number of thiazole rings is 1. The molecule has 8 aromatic heterocycles. The standard InChI is InChI=1S/C12H13N.C12H16O2.C11H12N2.C11H13N.C11H14O2.C11H12O.C11H12S.C10H12N2.C10H11NO.C10H11NS/c1-9(2)11-8-7-10-5-3-4-6-12(10)13-11;1-12(2,3)9-4-5-10-11(8-9)14-7-6-13-10;1-8(2)11-7-12-9-5-3-4-6-10(9)13-11;1-8(2)11-7-9-5-3-4-6-10(9)12-11;1-11(2,3)8-4-5-9-10(6-8)13-7-12-9;2*1-8(2)11-7-9-5-3-4-6-10(9)12-11;3*1-7(2)10-11-8-5-3-4-6-9(8)12-10/h3-9H,1-2H3;4-5,8H,6-7H2,1-3H3;3-8H,1-2H3;3-8,12H,1-2H3;4-6H,7H2,1-3H3;2*3-8H,1-2H3;3-7H,1-2H3,(H,11,12);2*3-7H,1-2H3. The summed E-state index contributed by atoms with van der Waals surface area (Å²) in [4.78, 5) is 34.9. The summed E-state index contributed by atoms with van der Waals surface area (Å²) in [5, 5.41) is 6.33. The van der Waals surface area contributed by atoms with E-state index < -0.39 is 0 Å². The van der Waals surface area contributed by atoms with Gasteiger partial charge in [0.2, 0.25) is 6.79 Å². The monoisotopic (exact) mass is 1710 g/mol. The van der Waals surface area contributed by atoms with Crippen LogP contribution in [0.5, 0.6) is 23.0 Å². The predicted molar refractivity (Wildman–Crippen MR) is 527 cm³/mol. The molecule has 10 aromatic carbocycles. The number of imidazole rings is 1. The lowest BCUT2D eigenvalue weighted by Gasteiger charge is -2.23. The summed E-state index contributed by atoms with van der Waals surface area (Å²) in [6.45, 7) is 49.3. The summed E-state index contributed by atoms with van der Waals surface area (Å²) in [6, 6.07) is 88.6. The van der Waals surface area contributed by atoms with E-state index in [4.69, 9.17) is 27.8 Å². The van der Waals surface area contributed by atoms with Crippen LogP contribution in [0.1, 0.15) is 255 Å². The molecular formula is C109H126N8O6S2. The first-order chi connectivity index (χ1) is 59.8. The lowest BCUT2D eigenvalue weighted by atomic mass is 9.87. The van der Waals surface area contributed by atoms with Crippen molar-refractivity contribution in [3.05, 3.63) is 323 Å². The molecule has 20 rings (SSSR count). The van der Waals surface area contributed by atoms with Crippen LogP contribution in [0.3, 0.4) is 0 Å². The summed E-state index contributed by atoms with van der Waals surface area (Å²) < 4.78 is 35.4. The number of rotatable bonds is 8. The number of fused-ring (bicyclic) bond motifs is 10. The van der Waals surface area contributed by atoms with E-state index >= 15 is 0 Å². The highest BCUT2D eigenvalue weighted by Gasteiger charge is 2.21. The van der Waals surface area contributed by atoms with E-state index in [-0.39, 0.29) is 10.8 Å². The lowest BCUT2D eigenvalue weighted by molar-refractivity contribution is 0.171. The van der Waals surface area contributed by atoms with Crippen molar-refractivity contribution in [2.24, 2.45) is 0 Å². The molecule has 0 unspecified atom stereocenters. The van der Waals surface area contributed by atoms with E-state index in [1.54, 1.807) is 11.3 Å². The van der Waals surface area contributed by atoms with E-state index in [1.807, 2.05) is 139 Å². The number of benzene rings is 10. The third kappa shape index (κ3) is 26.8. The number of para-hydroxylation sites is 10. The molecule has 650 valence electrons. The first-order valence-corrected chi connectivity index (χ1v) is 45.5. The molecule has 18 aromatic rings. The van der Waals surface area contributed by atoms with Gasteiger partial charge in [-0.05, 0) is 178 Å². The normalized spacial score (nSPS) is 12.0. The number of nitrogens with zero attached hydrogens (tertiary/aromatic N) is 6. The number of pyridine rings is 1. The largest absolute Gasteiger partial charge is 0.486 e. The van der Waals surface area contributed by atoms with Gasteiger partial charge < -0.3 is 37.7 Å². The zero-order chi connectivity index (χ0) is 89.5. The summed E-state index contributed by atoms with van der Waals surface area (Å²) in [5.74, 6) is 10.4. The molecule has 0 atom stereocenters. The quantitative estimate of drug-likeness (QED) is 0.148. The van der Waals surface area contributed by atoms with Crippen molar-refractivity contribution in [2.45, 2.75) is 210 Å². The highest BCUT2D eigenvalue weighted by Crippen LogP contribution is 2.38. The molecule has 10 heterocycles. The molecular weight excluding hydrogens is 1580 g/mol. The average Bonchev–Trinajstić information content (AvgIpc) is 1.70. The number of aromatic amines is 2. The van der Waals surface area contributed by atoms with Crippen LogP contribution in [0.4, 0.5) is 0 Å². The van der Waals surface area contributed by atoms with E-state index in [1.165, 1.54) is 68.9 Å². The first-order valence-electron chi connectivity index (χ1n) is 43.9. The maximum absolute atomic E-state index is 5.63. The molecule has 125 heavy (non-hydrogen) atoms. The second kappa shape index (κ2) is 44.1. The highest BCUT2D eigenvalue weighted by atomic mass is 32.1. The third-order valence-corrected chi connectivity index (χ3v) is 23.4. The van der Waals surface area contributed by atoms with Crippen molar-refractivity contribution < 1.29 is 27.8 Å². The van der Waals surface area contributed by atoms with Crippen LogP contribution in [-0.4, -0.2) is 59.9 Å². The molecule has 2 N–H and O–H groups in total. The second-order valence-corrected chi connectivity index (χ2v) is 37.9. The molecule has 0 saturated heterocycles. The Balaban J connectivity index is 0.000000135. The first kappa shape index (κ1) is 93.7. The Kier molecular flexibility index (Phi) is 33.0. The van der Waals surface area contributed by atoms with Gasteiger partial charge in [-0.1, -0.05) is 292 Å². The van der Waals surface area contributed by atoms with Gasteiger partial charge in [0.15, 0.2) is 34.5 Å². The summed E-state index contributed by atoms with van der Waals surface area (Å²) in [7, 11) is 0. The number of aromatic nitrogens is 8. The highest BCUT2D eigenvalue weighted by molar-refractivity contribution is 7.19. The topological polar surface area (TPSA) is 172 Å². The molecule has 0 bridgehead atoms. The molecule has 0 radical (unpaired) electrons. The Morgan fingerprint density at radius 3 is 1.41 bits per heavy atom. The Morgan fingerprint density at radius 2 is 0.840 bits per heavy atom. The number of hydrogen-bond acceptors (Lipinski definition) is 14.